The molecule has 0 amide bonds. The smallest absolute Gasteiger partial charge is 0.345 e. The van der Waals surface area contributed by atoms with Crippen molar-refractivity contribution in [1.82, 2.24) is 0 Å². The molecule has 0 bridgehead atoms. The number of aromatic carboxylic acids is 1. The van der Waals surface area contributed by atoms with E-state index in [1.807, 2.05) is 37.3 Å². The molecule has 0 aliphatic carbocycles. The van der Waals surface area contributed by atoms with Gasteiger partial charge in [-0.1, -0.05) is 48.0 Å². The van der Waals surface area contributed by atoms with Gasteiger partial charge in [-0.25, -0.2) is 13.2 Å². The number of thiophene rings is 1. The van der Waals surface area contributed by atoms with Gasteiger partial charge >= 0.3 is 5.97 Å². The van der Waals surface area contributed by atoms with Gasteiger partial charge < -0.3 is 5.11 Å². The zero-order valence-electron chi connectivity index (χ0n) is 13.1. The van der Waals surface area contributed by atoms with Gasteiger partial charge in [0.25, 0.3) is 0 Å². The van der Waals surface area contributed by atoms with Crippen molar-refractivity contribution in [2.75, 3.05) is 0 Å². The Morgan fingerprint density at radius 3 is 2.44 bits per heavy atom. The maximum atomic E-state index is 12.9. The summed E-state index contributed by atoms with van der Waals surface area (Å²) in [7, 11) is -3.91. The number of hydrogen-bond donors (Lipinski definition) is 1. The number of hydrogen-bond acceptors (Lipinski definition) is 4. The van der Waals surface area contributed by atoms with Crippen LogP contribution in [0.2, 0.25) is 4.34 Å². The van der Waals surface area contributed by atoms with E-state index in [0.29, 0.717) is 0 Å². The molecule has 1 N–H and O–H groups in total. The Morgan fingerprint density at radius 1 is 1.08 bits per heavy atom. The molecule has 0 unspecified atom stereocenters. The van der Waals surface area contributed by atoms with E-state index in [1.54, 1.807) is 12.1 Å². The van der Waals surface area contributed by atoms with Crippen molar-refractivity contribution in [2.45, 2.75) is 16.7 Å². The van der Waals surface area contributed by atoms with Crippen LogP contribution in [0.4, 0.5) is 0 Å². The van der Waals surface area contributed by atoms with Gasteiger partial charge in [-0.3, -0.25) is 0 Å². The van der Waals surface area contributed by atoms with Gasteiger partial charge in [0, 0.05) is 0 Å². The fourth-order valence-corrected chi connectivity index (χ4v) is 5.53. The first kappa shape index (κ1) is 17.7. The largest absolute Gasteiger partial charge is 0.477 e. The second kappa shape index (κ2) is 6.63. The molecule has 3 rings (SSSR count). The first-order chi connectivity index (χ1) is 11.8. The highest BCUT2D eigenvalue weighted by Gasteiger charge is 2.25. The van der Waals surface area contributed by atoms with Gasteiger partial charge in [-0.05, 0) is 41.8 Å². The van der Waals surface area contributed by atoms with E-state index in [4.69, 9.17) is 16.7 Å². The summed E-state index contributed by atoms with van der Waals surface area (Å²) in [6, 6.07) is 15.3. The molecule has 3 aromatic rings. The number of sulfone groups is 1. The number of halogens is 1. The van der Waals surface area contributed by atoms with Gasteiger partial charge in [0.15, 0.2) is 0 Å². The molecular weight excluding hydrogens is 380 g/mol. The van der Waals surface area contributed by atoms with Crippen molar-refractivity contribution < 1.29 is 18.3 Å². The Morgan fingerprint density at radius 2 is 1.80 bits per heavy atom. The van der Waals surface area contributed by atoms with E-state index in [2.05, 4.69) is 0 Å². The second-order valence-electron chi connectivity index (χ2n) is 5.40. The highest BCUT2D eigenvalue weighted by Crippen LogP contribution is 2.36. The lowest BCUT2D eigenvalue weighted by Crippen LogP contribution is -2.02. The minimum absolute atomic E-state index is 0.0568. The van der Waals surface area contributed by atoms with Crippen molar-refractivity contribution in [1.29, 1.82) is 0 Å². The van der Waals surface area contributed by atoms with Gasteiger partial charge in [-0.2, -0.15) is 0 Å². The first-order valence-corrected chi connectivity index (χ1v) is 9.92. The molecule has 0 radical (unpaired) electrons. The Balaban J connectivity index is 2.12. The van der Waals surface area contributed by atoms with Crippen LogP contribution in [0.15, 0.2) is 64.4 Å². The molecule has 25 heavy (non-hydrogen) atoms. The lowest BCUT2D eigenvalue weighted by molar-refractivity contribution is 0.0702. The maximum absolute atomic E-state index is 12.9. The molecule has 7 heteroatoms. The van der Waals surface area contributed by atoms with Crippen LogP contribution in [-0.4, -0.2) is 19.5 Å². The topological polar surface area (TPSA) is 71.4 Å². The zero-order valence-corrected chi connectivity index (χ0v) is 15.5. The van der Waals surface area contributed by atoms with Crippen molar-refractivity contribution in [3.63, 3.8) is 0 Å². The van der Waals surface area contributed by atoms with Crippen LogP contribution in [0, 0.1) is 6.92 Å². The van der Waals surface area contributed by atoms with Gasteiger partial charge in [0.05, 0.1) is 4.90 Å². The number of carbonyl (C=O) groups is 1. The molecule has 2 aromatic carbocycles. The average Bonchev–Trinajstić information content (AvgIpc) is 2.98. The van der Waals surface area contributed by atoms with Crippen LogP contribution in [-0.2, 0) is 9.84 Å². The Hall–Kier alpha value is -2.15. The summed E-state index contributed by atoms with van der Waals surface area (Å²) < 4.78 is 25.7. The summed E-state index contributed by atoms with van der Waals surface area (Å²) in [5.74, 6) is -1.21. The van der Waals surface area contributed by atoms with Crippen molar-refractivity contribution >= 4 is 38.7 Å². The Labute approximate surface area is 154 Å². The van der Waals surface area contributed by atoms with Crippen LogP contribution >= 0.6 is 22.9 Å². The SMILES string of the molecule is Cc1ccccc1-c1cccc(S(=O)(=O)c2cc(C(=O)O)sc2Cl)c1. The molecular formula is C18H13ClO4S2. The summed E-state index contributed by atoms with van der Waals surface area (Å²) in [5.41, 5.74) is 2.73. The van der Waals surface area contributed by atoms with Gasteiger partial charge in [0.1, 0.15) is 14.1 Å². The fourth-order valence-electron chi connectivity index (χ4n) is 2.50. The monoisotopic (exact) mass is 392 g/mol. The van der Waals surface area contributed by atoms with Crippen LogP contribution in [0.25, 0.3) is 11.1 Å². The molecule has 0 saturated heterocycles. The quantitative estimate of drug-likeness (QED) is 0.684. The van der Waals surface area contributed by atoms with E-state index in [9.17, 15) is 13.2 Å². The molecule has 0 aliphatic rings. The summed E-state index contributed by atoms with van der Waals surface area (Å²) >= 11 is 6.72. The molecule has 1 heterocycles. The predicted octanol–water partition coefficient (Wildman–Crippen LogP) is 4.91. The standard InChI is InChI=1S/C18H13ClO4S2/c1-11-5-2-3-8-14(11)12-6-4-7-13(9-12)25(22,23)16-10-15(18(20)21)24-17(16)19/h2-10H,1H3,(H,20,21). The molecule has 0 saturated carbocycles. The minimum atomic E-state index is -3.91. The Kier molecular flexibility index (Phi) is 4.69. The molecule has 128 valence electrons. The van der Waals surface area contributed by atoms with E-state index in [0.717, 1.165) is 34.1 Å². The third kappa shape index (κ3) is 3.33. The molecule has 0 aliphatic heterocycles. The number of carboxylic acid groups (broad SMARTS) is 1. The third-order valence-electron chi connectivity index (χ3n) is 3.76. The Bertz CT molecular complexity index is 1070. The van der Waals surface area contributed by atoms with Crippen molar-refractivity contribution in [3.8, 4) is 11.1 Å². The van der Waals surface area contributed by atoms with E-state index < -0.39 is 15.8 Å². The van der Waals surface area contributed by atoms with Crippen molar-refractivity contribution in [2.24, 2.45) is 0 Å². The van der Waals surface area contributed by atoms with Crippen molar-refractivity contribution in [3.05, 3.63) is 69.4 Å². The number of rotatable bonds is 4. The predicted molar refractivity (Wildman–Crippen MR) is 98.4 cm³/mol. The molecule has 0 fully saturated rings. The average molecular weight is 393 g/mol. The van der Waals surface area contributed by atoms with E-state index >= 15 is 0 Å². The highest BCUT2D eigenvalue weighted by atomic mass is 35.5. The fraction of sp³-hybridized carbons (Fsp3) is 0.0556. The number of carboxylic acids is 1. The lowest BCUT2D eigenvalue weighted by atomic mass is 10.0. The molecule has 0 spiro atoms. The van der Waals surface area contributed by atoms with Gasteiger partial charge in [0.2, 0.25) is 9.84 Å². The minimum Gasteiger partial charge on any atom is -0.477 e. The molecule has 0 atom stereocenters. The molecule has 1 aromatic heterocycles. The summed E-state index contributed by atoms with van der Waals surface area (Å²) in [4.78, 5) is 10.8. The van der Waals surface area contributed by atoms with Crippen LogP contribution in [0.1, 0.15) is 15.2 Å². The third-order valence-corrected chi connectivity index (χ3v) is 7.12. The summed E-state index contributed by atoms with van der Waals surface area (Å²) in [6.07, 6.45) is 0. The van der Waals surface area contributed by atoms with Crippen LogP contribution in [0.3, 0.4) is 0 Å². The second-order valence-corrected chi connectivity index (χ2v) is 8.97. The van der Waals surface area contributed by atoms with Crippen LogP contribution in [0.5, 0.6) is 0 Å². The number of aryl methyl sites for hydroxylation is 1. The summed E-state index contributed by atoms with van der Waals surface area (Å²) in [5, 5.41) is 9.04. The van der Waals surface area contributed by atoms with Gasteiger partial charge in [-0.15, -0.1) is 11.3 Å². The highest BCUT2D eigenvalue weighted by molar-refractivity contribution is 7.91. The van der Waals surface area contributed by atoms with Crippen LogP contribution < -0.4 is 0 Å². The molecule has 4 nitrogen and oxygen atoms in total. The summed E-state index contributed by atoms with van der Waals surface area (Å²) in [6.45, 7) is 1.95. The van der Waals surface area contributed by atoms with E-state index in [-0.39, 0.29) is 19.0 Å². The normalized spacial score (nSPS) is 11.4. The zero-order chi connectivity index (χ0) is 18.2. The first-order valence-electron chi connectivity index (χ1n) is 7.24. The lowest BCUT2D eigenvalue weighted by Gasteiger charge is -2.09. The maximum Gasteiger partial charge on any atom is 0.345 e. The van der Waals surface area contributed by atoms with E-state index in [1.165, 1.54) is 6.07 Å². The number of benzene rings is 2.